The number of hydrogen-bond donors (Lipinski definition) is 17. The first-order chi connectivity index (χ1) is 69.0. The summed E-state index contributed by atoms with van der Waals surface area (Å²) in [6.45, 7) is -0.456. The van der Waals surface area contributed by atoms with Crippen molar-refractivity contribution in [2.75, 3.05) is 75.7 Å². The predicted molar refractivity (Wildman–Crippen MR) is 524 cm³/mol. The number of rotatable bonds is 24. The number of ether oxygens (including phenoxy) is 1. The average Bonchev–Trinajstić information content (AvgIpc) is 0.796. The van der Waals surface area contributed by atoms with Crippen molar-refractivity contribution in [1.29, 1.82) is 0 Å². The summed E-state index contributed by atoms with van der Waals surface area (Å²) in [6.07, 6.45) is 2.84. The Morgan fingerprint density at radius 3 is 0.938 bits per heavy atom. The zero-order chi connectivity index (χ0) is 105. The highest BCUT2D eigenvalue weighted by Gasteiger charge is 2.46. The number of hydrogen-bond acceptors (Lipinski definition) is 27. The number of carbonyl (C=O) groups excluding carboxylic acids is 5. The van der Waals surface area contributed by atoms with Crippen molar-refractivity contribution in [1.82, 2.24) is 66.0 Å². The number of nitrogens with one attached hydrogen (secondary N) is 4. The van der Waals surface area contributed by atoms with Crippen molar-refractivity contribution in [3.8, 4) is 45.0 Å². The molecular formula is C99H95Br4F10N17O15. The van der Waals surface area contributed by atoms with Gasteiger partial charge in [0.2, 0.25) is 0 Å². The third-order valence-electron chi connectivity index (χ3n) is 24.4. The van der Waals surface area contributed by atoms with E-state index in [1.54, 1.807) is 17.0 Å². The van der Waals surface area contributed by atoms with E-state index in [-0.39, 0.29) is 127 Å². The Labute approximate surface area is 854 Å². The number of anilines is 4. The van der Waals surface area contributed by atoms with Crippen molar-refractivity contribution in [2.24, 2.45) is 0 Å². The van der Waals surface area contributed by atoms with E-state index in [0.717, 1.165) is 36.4 Å². The molecule has 12 aromatic rings. The molecule has 21 N–H and O–H groups in total. The summed E-state index contributed by atoms with van der Waals surface area (Å²) in [5.41, 5.74) is 26.9. The highest BCUT2D eigenvalue weighted by atomic mass is 79.9. The molecule has 32 nitrogen and oxygen atoms in total. The van der Waals surface area contributed by atoms with Crippen LogP contribution in [0.5, 0.6) is 0 Å². The number of alkyl halides is 2. The van der Waals surface area contributed by atoms with Crippen LogP contribution in [0.2, 0.25) is 0 Å². The molecule has 0 radical (unpaired) electrons. The number of nitrogens with two attached hydrogens (primary N) is 4. The summed E-state index contributed by atoms with van der Waals surface area (Å²) in [5.74, 6) is -13.4. The van der Waals surface area contributed by atoms with Gasteiger partial charge in [0, 0.05) is 77.4 Å². The molecule has 4 aliphatic rings. The fraction of sp³-hybridized carbons (Fsp3) is 0.303. The Hall–Kier alpha value is -12.6. The Kier molecular flexibility index (Phi) is 37.1. The first-order valence-corrected chi connectivity index (χ1v) is 48.1. The molecule has 0 unspecified atom stereocenters. The maximum atomic E-state index is 15.0. The number of aliphatic hydroxyl groups excluding tert-OH is 9. The molecule has 1 saturated heterocycles. The van der Waals surface area contributed by atoms with Crippen molar-refractivity contribution < 1.29 is 119 Å². The first kappa shape index (κ1) is 110. The molecule has 1 aliphatic heterocycles. The zero-order valence-electron chi connectivity index (χ0n) is 76.2. The van der Waals surface area contributed by atoms with Gasteiger partial charge in [0.25, 0.3) is 35.5 Å². The van der Waals surface area contributed by atoms with E-state index in [1.807, 2.05) is 0 Å². The lowest BCUT2D eigenvalue weighted by molar-refractivity contribution is -0.136. The summed E-state index contributed by atoms with van der Waals surface area (Å²) in [4.78, 5) is 99.4. The van der Waals surface area contributed by atoms with Crippen molar-refractivity contribution in [3.63, 3.8) is 0 Å². The van der Waals surface area contributed by atoms with Gasteiger partial charge in [0.1, 0.15) is 104 Å². The van der Waals surface area contributed by atoms with E-state index in [4.69, 9.17) is 27.7 Å². The highest BCUT2D eigenvalue weighted by Crippen LogP contribution is 2.44. The Bertz CT molecular complexity index is 6490. The molecule has 16 rings (SSSR count). The summed E-state index contributed by atoms with van der Waals surface area (Å²) >= 11 is 12.6. The molecule has 8 aromatic carbocycles. The average molecular weight is 2270 g/mol. The van der Waals surface area contributed by atoms with Crippen LogP contribution < -0.4 is 44.2 Å². The standard InChI is InChI=1S/C25H23BrF4N4O3.2C25H25BrF2N4O4.C24H22BrF2N5O4/c26-15-5-14(6-16(27)8-15)20(11-35)34-24(37)17-3-1-12(7-18(17)28)22-23(31)32-10-19(33-22)13-2-4-21(36)25(29,30)9-13;2*26-15-5-14(6-16(27)9-15)20(11-33)32-25(36)17-3-1-13(7-18(17)28)23-24(29)30-10-19(31-23)12-2-4-21(34)22(35)8-12;25-15-7-14(8-16(26)10-15)20(12-33)31-23(34)17-2-1-13(9-18(17)27)21-22(28)29-11-19(30-21)24(35)32-3-5-36-6-4-32/h1,3,5-8,10,13,20-21,35-36H,2,4,9,11H2,(H2,31,32)(H,34,37);2*1,3,5-7,9-10,12,20-22,33-35H,2,4,8,11H2,(H2,29,30)(H,32,36);1-2,7-11,20,33H,3-6,12H2,(H2,28,29)(H,31,34)/t13-,20-,21-;12-,20+,21-,22-;12-,20-,21+,22-;20-/m1011/s1. The summed E-state index contributed by atoms with van der Waals surface area (Å²) in [7, 11) is 0. The molecule has 0 bridgehead atoms. The Morgan fingerprint density at radius 2 is 0.662 bits per heavy atom. The Morgan fingerprint density at radius 1 is 0.379 bits per heavy atom. The van der Waals surface area contributed by atoms with E-state index in [0.29, 0.717) is 122 Å². The number of carbonyl (C=O) groups is 5. The quantitative estimate of drug-likeness (QED) is 0.0250. The summed E-state index contributed by atoms with van der Waals surface area (Å²) in [6, 6.07) is 26.9. The lowest BCUT2D eigenvalue weighted by atomic mass is 9.83. The third kappa shape index (κ3) is 27.8. The van der Waals surface area contributed by atoms with E-state index in [1.165, 1.54) is 122 Å². The van der Waals surface area contributed by atoms with Crippen LogP contribution in [0.4, 0.5) is 67.2 Å². The third-order valence-corrected chi connectivity index (χ3v) is 26.3. The van der Waals surface area contributed by atoms with Gasteiger partial charge in [-0.3, -0.25) is 24.0 Å². The predicted octanol–water partition coefficient (Wildman–Crippen LogP) is 13.6. The first-order valence-electron chi connectivity index (χ1n) is 44.9. The van der Waals surface area contributed by atoms with Crippen LogP contribution in [-0.2, 0) is 4.74 Å². The van der Waals surface area contributed by atoms with Crippen molar-refractivity contribution in [3.05, 3.63) is 302 Å². The van der Waals surface area contributed by atoms with Gasteiger partial charge in [-0.2, -0.15) is 0 Å². The lowest BCUT2D eigenvalue weighted by Gasteiger charge is -2.32. The number of nitrogen functional groups attached to an aromatic ring is 4. The second-order valence-corrected chi connectivity index (χ2v) is 38.1. The van der Waals surface area contributed by atoms with E-state index < -0.39 is 170 Å². The van der Waals surface area contributed by atoms with Crippen molar-refractivity contribution >= 4 is 117 Å². The van der Waals surface area contributed by atoms with E-state index >= 15 is 8.78 Å². The van der Waals surface area contributed by atoms with E-state index in [9.17, 15) is 105 Å². The Balaban J connectivity index is 0.000000162. The number of halogens is 14. The highest BCUT2D eigenvalue weighted by molar-refractivity contribution is 9.11. The van der Waals surface area contributed by atoms with Gasteiger partial charge in [0.15, 0.2) is 0 Å². The van der Waals surface area contributed by atoms with Crippen molar-refractivity contribution in [2.45, 2.75) is 136 Å². The van der Waals surface area contributed by atoms with Crippen LogP contribution in [0.25, 0.3) is 45.0 Å². The second kappa shape index (κ2) is 49.1. The molecule has 5 amide bonds. The van der Waals surface area contributed by atoms with Crippen LogP contribution in [-0.4, -0.2) is 209 Å². The number of benzene rings is 8. The number of aliphatic hydroxyl groups is 9. The van der Waals surface area contributed by atoms with Crippen LogP contribution in [0.3, 0.4) is 0 Å². The summed E-state index contributed by atoms with van der Waals surface area (Å²) < 4.78 is 150. The molecule has 3 saturated carbocycles. The van der Waals surface area contributed by atoms with Gasteiger partial charge in [-0.1, -0.05) is 88.0 Å². The molecule has 3 aliphatic carbocycles. The smallest absolute Gasteiger partial charge is 0.274 e. The lowest BCUT2D eigenvalue weighted by Crippen LogP contribution is -2.41. The van der Waals surface area contributed by atoms with Gasteiger partial charge < -0.3 is 99.8 Å². The number of amides is 5. The van der Waals surface area contributed by atoms with Gasteiger partial charge in [-0.25, -0.2) is 83.8 Å². The maximum Gasteiger partial charge on any atom is 0.274 e. The maximum absolute atomic E-state index is 15.0. The van der Waals surface area contributed by atoms with Gasteiger partial charge >= 0.3 is 0 Å². The summed E-state index contributed by atoms with van der Waals surface area (Å²) in [5, 5.41) is 97.9. The molecule has 5 heterocycles. The topological polar surface area (TPSA) is 535 Å². The minimum absolute atomic E-state index is 0.0119. The molecule has 4 fully saturated rings. The molecule has 764 valence electrons. The normalized spacial score (nSPS) is 18.9. The fourth-order valence-electron chi connectivity index (χ4n) is 16.7. The van der Waals surface area contributed by atoms with E-state index in [2.05, 4.69) is 125 Å². The number of morpholine rings is 1. The number of nitrogens with zero attached hydrogens (tertiary/aromatic N) is 9. The molecule has 145 heavy (non-hydrogen) atoms. The molecule has 4 aromatic heterocycles. The van der Waals surface area contributed by atoms with Gasteiger partial charge in [0.05, 0.1) is 152 Å². The monoisotopic (exact) mass is 2270 g/mol. The minimum Gasteiger partial charge on any atom is -0.394 e. The molecular weight excluding hydrogens is 2180 g/mol. The number of aromatic nitrogens is 8. The van der Waals surface area contributed by atoms with Crippen LogP contribution in [0.1, 0.15) is 191 Å². The molecule has 12 atom stereocenters. The SMILES string of the molecule is Nc1ncc(C(=O)N2CCOCC2)nc1-c1ccc(C(=O)N[C@H](CO)c2cc(F)cc(Br)c2)c(F)c1.Nc1ncc([C@@H]2CC[C@@H](O)C(F)(F)C2)nc1-c1ccc(C(=O)N[C@H](CO)c2cc(F)cc(Br)c2)c(F)c1.Nc1ncc([C@@H]2CC[C@H](O)[C@H](O)C2)nc1-c1ccc(C(=O)N[C@H](CO)c2cc(F)cc(Br)c2)c(F)c1.Nc1ncc([C@H]2CC[C@H](O)[C@@H](O)C2)nc1-c1ccc(C(=O)N[C@H](CO)c2cc(F)cc(Br)c2)c(F)c1. The second-order valence-electron chi connectivity index (χ2n) is 34.4. The van der Waals surface area contributed by atoms with Crippen LogP contribution >= 0.6 is 63.7 Å². The molecule has 0 spiro atoms. The zero-order valence-corrected chi connectivity index (χ0v) is 82.6. The fourth-order valence-corrected chi connectivity index (χ4v) is 18.6. The molecule has 46 heteroatoms. The van der Waals surface area contributed by atoms with Gasteiger partial charge in [-0.15, -0.1) is 0 Å². The van der Waals surface area contributed by atoms with Crippen LogP contribution in [0, 0.1) is 46.5 Å². The van der Waals surface area contributed by atoms with Crippen LogP contribution in [0.15, 0.2) is 188 Å². The minimum atomic E-state index is -3.26. The van der Waals surface area contributed by atoms with Gasteiger partial charge in [-0.05, 0) is 195 Å². The largest absolute Gasteiger partial charge is 0.394 e.